The zero-order valence-corrected chi connectivity index (χ0v) is 16.3. The molecular formula is C22H27NO4. The van der Waals surface area contributed by atoms with Crippen molar-refractivity contribution in [2.75, 3.05) is 20.8 Å². The van der Waals surface area contributed by atoms with Gasteiger partial charge < -0.3 is 19.5 Å². The maximum atomic E-state index is 12.0. The molecule has 1 N–H and O–H groups in total. The van der Waals surface area contributed by atoms with E-state index in [9.17, 15) is 4.79 Å². The zero-order valence-electron chi connectivity index (χ0n) is 16.3. The lowest BCUT2D eigenvalue weighted by Gasteiger charge is -2.10. The summed E-state index contributed by atoms with van der Waals surface area (Å²) in [6, 6.07) is 13.4. The van der Waals surface area contributed by atoms with E-state index in [0.717, 1.165) is 16.9 Å². The molecule has 2 aromatic carbocycles. The molecule has 0 aliphatic heterocycles. The number of methoxy groups -OCH3 is 2. The molecule has 0 fully saturated rings. The Balaban J connectivity index is 1.85. The lowest BCUT2D eigenvalue weighted by atomic mass is 10.1. The molecule has 0 aliphatic carbocycles. The summed E-state index contributed by atoms with van der Waals surface area (Å²) in [6.45, 7) is 4.50. The van der Waals surface area contributed by atoms with E-state index in [2.05, 4.69) is 5.32 Å². The van der Waals surface area contributed by atoms with E-state index in [4.69, 9.17) is 14.2 Å². The number of amides is 1. The first kappa shape index (κ1) is 20.4. The highest BCUT2D eigenvalue weighted by Gasteiger charge is 2.05. The molecule has 0 heterocycles. The number of rotatable bonds is 9. The second-order valence-corrected chi connectivity index (χ2v) is 6.30. The minimum atomic E-state index is -0.134. The maximum Gasteiger partial charge on any atom is 0.244 e. The number of hydrogen-bond acceptors (Lipinski definition) is 4. The Kier molecular flexibility index (Phi) is 7.74. The molecule has 0 unspecified atom stereocenters. The fraction of sp³-hybridized carbons (Fsp3) is 0.318. The van der Waals surface area contributed by atoms with Crippen LogP contribution < -0.4 is 19.5 Å². The van der Waals surface area contributed by atoms with Gasteiger partial charge >= 0.3 is 0 Å². The molecule has 2 rings (SSSR count). The molecular weight excluding hydrogens is 342 g/mol. The Labute approximate surface area is 161 Å². The van der Waals surface area contributed by atoms with Crippen LogP contribution in [0.25, 0.3) is 6.08 Å². The minimum Gasteiger partial charge on any atom is -0.493 e. The van der Waals surface area contributed by atoms with Gasteiger partial charge in [-0.1, -0.05) is 18.2 Å². The van der Waals surface area contributed by atoms with Crippen molar-refractivity contribution < 1.29 is 19.0 Å². The molecule has 0 saturated carbocycles. The van der Waals surface area contributed by atoms with Crippen molar-refractivity contribution in [1.82, 2.24) is 5.32 Å². The van der Waals surface area contributed by atoms with Crippen LogP contribution in [0, 0.1) is 0 Å². The zero-order chi connectivity index (χ0) is 19.6. The fourth-order valence-electron chi connectivity index (χ4n) is 2.56. The quantitative estimate of drug-likeness (QED) is 0.682. The van der Waals surface area contributed by atoms with Gasteiger partial charge in [0.05, 0.1) is 20.3 Å². The molecule has 0 spiro atoms. The molecule has 0 saturated heterocycles. The van der Waals surface area contributed by atoms with Gasteiger partial charge in [0.25, 0.3) is 0 Å². The minimum absolute atomic E-state index is 0.115. The van der Waals surface area contributed by atoms with Gasteiger partial charge in [0, 0.05) is 12.6 Å². The van der Waals surface area contributed by atoms with Crippen molar-refractivity contribution in [2.45, 2.75) is 26.4 Å². The third-order valence-electron chi connectivity index (χ3n) is 3.82. The van der Waals surface area contributed by atoms with Crippen molar-refractivity contribution in [3.05, 3.63) is 59.7 Å². The van der Waals surface area contributed by atoms with Gasteiger partial charge in [0.1, 0.15) is 5.75 Å². The highest BCUT2D eigenvalue weighted by atomic mass is 16.5. The summed E-state index contributed by atoms with van der Waals surface area (Å²) in [7, 11) is 3.21. The first-order valence-corrected chi connectivity index (χ1v) is 8.95. The second-order valence-electron chi connectivity index (χ2n) is 6.30. The normalized spacial score (nSPS) is 10.9. The third kappa shape index (κ3) is 6.70. The molecule has 144 valence electrons. The van der Waals surface area contributed by atoms with E-state index in [1.165, 1.54) is 6.08 Å². The van der Waals surface area contributed by atoms with E-state index in [0.29, 0.717) is 24.5 Å². The summed E-state index contributed by atoms with van der Waals surface area (Å²) in [5, 5.41) is 2.89. The average Bonchev–Trinajstić information content (AvgIpc) is 2.66. The molecule has 5 nitrogen and oxygen atoms in total. The van der Waals surface area contributed by atoms with Gasteiger partial charge in [0.15, 0.2) is 11.5 Å². The van der Waals surface area contributed by atoms with Gasteiger partial charge in [-0.2, -0.15) is 0 Å². The summed E-state index contributed by atoms with van der Waals surface area (Å²) in [6.07, 6.45) is 4.13. The van der Waals surface area contributed by atoms with Crippen molar-refractivity contribution in [2.24, 2.45) is 0 Å². The summed E-state index contributed by atoms with van der Waals surface area (Å²) in [5.41, 5.74) is 1.98. The fourth-order valence-corrected chi connectivity index (χ4v) is 2.56. The molecule has 27 heavy (non-hydrogen) atoms. The molecule has 1 amide bonds. The Morgan fingerprint density at radius 2 is 1.85 bits per heavy atom. The van der Waals surface area contributed by atoms with E-state index in [1.54, 1.807) is 20.3 Å². The molecule has 0 radical (unpaired) electrons. The van der Waals surface area contributed by atoms with Crippen molar-refractivity contribution in [3.8, 4) is 17.2 Å². The van der Waals surface area contributed by atoms with E-state index >= 15 is 0 Å². The number of ether oxygens (including phenoxy) is 3. The van der Waals surface area contributed by atoms with E-state index in [1.807, 2.05) is 56.3 Å². The van der Waals surface area contributed by atoms with Crippen LogP contribution in [0.2, 0.25) is 0 Å². The standard InChI is InChI=1S/C22H27NO4/c1-16(2)27-19-7-5-6-17(14-19)9-11-22(24)23-13-12-18-8-10-20(25-3)21(15-18)26-4/h5-11,14-16H,12-13H2,1-4H3,(H,23,24)/b11-9+. The third-order valence-corrected chi connectivity index (χ3v) is 3.82. The second kappa shape index (κ2) is 10.3. The lowest BCUT2D eigenvalue weighted by molar-refractivity contribution is -0.116. The Morgan fingerprint density at radius 1 is 1.07 bits per heavy atom. The SMILES string of the molecule is COc1ccc(CCNC(=O)/C=C/c2cccc(OC(C)C)c2)cc1OC. The molecule has 2 aromatic rings. The van der Waals surface area contributed by atoms with Gasteiger partial charge in [-0.3, -0.25) is 4.79 Å². The predicted octanol–water partition coefficient (Wildman–Crippen LogP) is 3.86. The number of nitrogens with one attached hydrogen (secondary N) is 1. The van der Waals surface area contributed by atoms with E-state index < -0.39 is 0 Å². The van der Waals surface area contributed by atoms with Crippen molar-refractivity contribution in [3.63, 3.8) is 0 Å². The highest BCUT2D eigenvalue weighted by molar-refractivity contribution is 5.91. The van der Waals surface area contributed by atoms with Crippen LogP contribution in [0.5, 0.6) is 17.2 Å². The van der Waals surface area contributed by atoms with Crippen LogP contribution in [0.4, 0.5) is 0 Å². The van der Waals surface area contributed by atoms with Crippen molar-refractivity contribution >= 4 is 12.0 Å². The Bertz CT molecular complexity index is 784. The molecule has 0 bridgehead atoms. The Morgan fingerprint density at radius 3 is 2.56 bits per heavy atom. The number of carbonyl (C=O) groups is 1. The number of hydrogen-bond donors (Lipinski definition) is 1. The van der Waals surface area contributed by atoms with Gasteiger partial charge in [0.2, 0.25) is 5.91 Å². The molecule has 0 aromatic heterocycles. The molecule has 0 aliphatic rings. The summed E-state index contributed by atoms with van der Waals surface area (Å²) in [4.78, 5) is 12.0. The van der Waals surface area contributed by atoms with Crippen LogP contribution in [-0.2, 0) is 11.2 Å². The van der Waals surface area contributed by atoms with Crippen molar-refractivity contribution in [1.29, 1.82) is 0 Å². The molecule has 0 atom stereocenters. The van der Waals surface area contributed by atoms with Crippen LogP contribution in [0.1, 0.15) is 25.0 Å². The van der Waals surface area contributed by atoms with Gasteiger partial charge in [-0.25, -0.2) is 0 Å². The largest absolute Gasteiger partial charge is 0.493 e. The number of carbonyl (C=O) groups excluding carboxylic acids is 1. The average molecular weight is 369 g/mol. The highest BCUT2D eigenvalue weighted by Crippen LogP contribution is 2.27. The smallest absolute Gasteiger partial charge is 0.244 e. The van der Waals surface area contributed by atoms with Crippen LogP contribution in [-0.4, -0.2) is 32.8 Å². The van der Waals surface area contributed by atoms with Gasteiger partial charge in [-0.15, -0.1) is 0 Å². The summed E-state index contributed by atoms with van der Waals surface area (Å²) >= 11 is 0. The van der Waals surface area contributed by atoms with Gasteiger partial charge in [-0.05, 0) is 61.7 Å². The summed E-state index contributed by atoms with van der Waals surface area (Å²) in [5.74, 6) is 2.04. The Hall–Kier alpha value is -2.95. The number of benzene rings is 2. The first-order chi connectivity index (χ1) is 13.0. The lowest BCUT2D eigenvalue weighted by Crippen LogP contribution is -2.23. The van der Waals surface area contributed by atoms with Crippen LogP contribution in [0.3, 0.4) is 0 Å². The monoisotopic (exact) mass is 369 g/mol. The van der Waals surface area contributed by atoms with E-state index in [-0.39, 0.29) is 12.0 Å². The van der Waals surface area contributed by atoms with Crippen LogP contribution in [0.15, 0.2) is 48.5 Å². The predicted molar refractivity (Wildman–Crippen MR) is 107 cm³/mol. The first-order valence-electron chi connectivity index (χ1n) is 8.95. The summed E-state index contributed by atoms with van der Waals surface area (Å²) < 4.78 is 16.2. The topological polar surface area (TPSA) is 56.8 Å². The van der Waals surface area contributed by atoms with Crippen LogP contribution >= 0.6 is 0 Å². The maximum absolute atomic E-state index is 12.0. The molecule has 5 heteroatoms.